The second-order valence-corrected chi connectivity index (χ2v) is 8.88. The Bertz CT molecular complexity index is 506. The maximum Gasteiger partial charge on any atom is 0.152 e. The van der Waals surface area contributed by atoms with Crippen molar-refractivity contribution in [2.45, 2.75) is 64.5 Å². The summed E-state index contributed by atoms with van der Waals surface area (Å²) in [5.41, 5.74) is 2.54. The van der Waals surface area contributed by atoms with Gasteiger partial charge in [0.25, 0.3) is 0 Å². The van der Waals surface area contributed by atoms with E-state index in [2.05, 4.69) is 36.5 Å². The molecule has 126 valence electrons. The lowest BCUT2D eigenvalue weighted by Crippen LogP contribution is -2.17. The number of anilines is 1. The molecule has 0 atom stereocenters. The first kappa shape index (κ1) is 19.0. The number of benzene rings is 1. The maximum atomic E-state index is 11.7. The summed E-state index contributed by atoms with van der Waals surface area (Å²) in [6.45, 7) is 6.61. The topological polar surface area (TPSA) is 46.2 Å². The molecule has 4 heteroatoms. The minimum Gasteiger partial charge on any atom is -0.385 e. The minimum atomic E-state index is -2.87. The Morgan fingerprint density at radius 1 is 1.00 bits per heavy atom. The van der Waals surface area contributed by atoms with Crippen LogP contribution in [0.5, 0.6) is 0 Å². The number of unbranched alkanes of at least 4 members (excludes halogenated alkanes) is 3. The van der Waals surface area contributed by atoms with Crippen LogP contribution < -0.4 is 5.32 Å². The van der Waals surface area contributed by atoms with E-state index in [9.17, 15) is 8.42 Å². The lowest BCUT2D eigenvalue weighted by atomic mass is 10.1. The highest BCUT2D eigenvalue weighted by Crippen LogP contribution is 2.12. The number of aryl methyl sites for hydroxylation is 1. The Kier molecular flexibility index (Phi) is 8.54. The Labute approximate surface area is 136 Å². The first-order chi connectivity index (χ1) is 10.5. The Morgan fingerprint density at radius 3 is 2.27 bits per heavy atom. The Morgan fingerprint density at radius 2 is 1.68 bits per heavy atom. The average Bonchev–Trinajstić information content (AvgIpc) is 2.49. The van der Waals surface area contributed by atoms with Crippen LogP contribution in [0.25, 0.3) is 0 Å². The summed E-state index contributed by atoms with van der Waals surface area (Å²) in [6.07, 6.45) is 6.34. The second-order valence-electron chi connectivity index (χ2n) is 6.20. The first-order valence-electron chi connectivity index (χ1n) is 8.50. The van der Waals surface area contributed by atoms with E-state index in [1.54, 1.807) is 13.8 Å². The molecule has 3 nitrogen and oxygen atoms in total. The molecule has 1 aromatic carbocycles. The van der Waals surface area contributed by atoms with Crippen molar-refractivity contribution in [2.24, 2.45) is 0 Å². The van der Waals surface area contributed by atoms with Crippen LogP contribution in [-0.4, -0.2) is 26.0 Å². The van der Waals surface area contributed by atoms with E-state index < -0.39 is 9.84 Å². The molecule has 0 radical (unpaired) electrons. The predicted octanol–water partition coefficient (Wildman–Crippen LogP) is 4.43. The summed E-state index contributed by atoms with van der Waals surface area (Å²) < 4.78 is 23.4. The Balaban J connectivity index is 2.17. The van der Waals surface area contributed by atoms with E-state index in [0.29, 0.717) is 5.75 Å². The molecule has 0 fully saturated rings. The normalized spacial score (nSPS) is 11.8. The highest BCUT2D eigenvalue weighted by molar-refractivity contribution is 7.91. The molecule has 0 saturated carbocycles. The fourth-order valence-electron chi connectivity index (χ4n) is 2.24. The van der Waals surface area contributed by atoms with Crippen molar-refractivity contribution in [3.8, 4) is 0 Å². The highest BCUT2D eigenvalue weighted by atomic mass is 32.2. The zero-order valence-corrected chi connectivity index (χ0v) is 15.1. The van der Waals surface area contributed by atoms with Gasteiger partial charge in [-0.15, -0.1) is 0 Å². The third-order valence-electron chi connectivity index (χ3n) is 3.93. The quantitative estimate of drug-likeness (QED) is 0.612. The van der Waals surface area contributed by atoms with Gasteiger partial charge in [-0.05, 0) is 57.2 Å². The standard InChI is InChI=1S/C18H31NO2S/c1-4-5-9-17-10-12-18(13-11-17)19-14-7-6-8-15-22(20,21)16(2)3/h10-13,16,19H,4-9,14-15H2,1-3H3. The molecule has 1 aromatic rings. The molecule has 0 unspecified atom stereocenters. The fraction of sp³-hybridized carbons (Fsp3) is 0.667. The molecule has 0 aliphatic rings. The molecule has 0 heterocycles. The molecule has 1 rings (SSSR count). The predicted molar refractivity (Wildman–Crippen MR) is 96.3 cm³/mol. The monoisotopic (exact) mass is 325 g/mol. The van der Waals surface area contributed by atoms with Crippen LogP contribution in [0.2, 0.25) is 0 Å². The van der Waals surface area contributed by atoms with E-state index in [1.807, 2.05) is 0 Å². The van der Waals surface area contributed by atoms with Crippen molar-refractivity contribution in [3.05, 3.63) is 29.8 Å². The third kappa shape index (κ3) is 7.30. The molecule has 0 aliphatic carbocycles. The van der Waals surface area contributed by atoms with Crippen LogP contribution in [0.4, 0.5) is 5.69 Å². The lowest BCUT2D eigenvalue weighted by Gasteiger charge is -2.09. The molecule has 0 spiro atoms. The van der Waals surface area contributed by atoms with Gasteiger partial charge in [0.1, 0.15) is 0 Å². The number of hydrogen-bond acceptors (Lipinski definition) is 3. The smallest absolute Gasteiger partial charge is 0.152 e. The van der Waals surface area contributed by atoms with Gasteiger partial charge >= 0.3 is 0 Å². The minimum absolute atomic E-state index is 0.253. The molecular formula is C18H31NO2S. The molecule has 0 bridgehead atoms. The van der Waals surface area contributed by atoms with Crippen molar-refractivity contribution < 1.29 is 8.42 Å². The third-order valence-corrected chi connectivity index (χ3v) is 6.22. The van der Waals surface area contributed by atoms with Gasteiger partial charge in [-0.2, -0.15) is 0 Å². The van der Waals surface area contributed by atoms with E-state index in [-0.39, 0.29) is 5.25 Å². The van der Waals surface area contributed by atoms with Crippen molar-refractivity contribution in [3.63, 3.8) is 0 Å². The van der Waals surface area contributed by atoms with Crippen molar-refractivity contribution >= 4 is 15.5 Å². The fourth-order valence-corrected chi connectivity index (χ4v) is 3.32. The summed E-state index contributed by atoms with van der Waals surface area (Å²) in [7, 11) is -2.87. The van der Waals surface area contributed by atoms with Crippen LogP contribution in [0.3, 0.4) is 0 Å². The van der Waals surface area contributed by atoms with E-state index in [1.165, 1.54) is 18.4 Å². The van der Waals surface area contributed by atoms with Gasteiger partial charge in [0.2, 0.25) is 0 Å². The van der Waals surface area contributed by atoms with Crippen LogP contribution in [0.15, 0.2) is 24.3 Å². The van der Waals surface area contributed by atoms with E-state index >= 15 is 0 Å². The Hall–Kier alpha value is -1.03. The second kappa shape index (κ2) is 9.88. The zero-order valence-electron chi connectivity index (χ0n) is 14.3. The van der Waals surface area contributed by atoms with Gasteiger partial charge < -0.3 is 5.32 Å². The number of rotatable bonds is 11. The molecule has 0 aliphatic heterocycles. The summed E-state index contributed by atoms with van der Waals surface area (Å²) in [6, 6.07) is 8.64. The SMILES string of the molecule is CCCCc1ccc(NCCCCCS(=O)(=O)C(C)C)cc1. The molecular weight excluding hydrogens is 294 g/mol. The van der Waals surface area contributed by atoms with Gasteiger partial charge in [-0.3, -0.25) is 0 Å². The van der Waals surface area contributed by atoms with Gasteiger partial charge in [0, 0.05) is 12.2 Å². The van der Waals surface area contributed by atoms with Gasteiger partial charge in [-0.1, -0.05) is 31.9 Å². The first-order valence-corrected chi connectivity index (χ1v) is 10.2. The number of nitrogens with one attached hydrogen (secondary N) is 1. The van der Waals surface area contributed by atoms with Crippen LogP contribution >= 0.6 is 0 Å². The largest absolute Gasteiger partial charge is 0.385 e. The summed E-state index contributed by atoms with van der Waals surface area (Å²) >= 11 is 0. The molecule has 0 amide bonds. The van der Waals surface area contributed by atoms with Gasteiger partial charge in [0.05, 0.1) is 11.0 Å². The van der Waals surface area contributed by atoms with Gasteiger partial charge in [0.15, 0.2) is 9.84 Å². The molecule has 22 heavy (non-hydrogen) atoms. The summed E-state index contributed by atoms with van der Waals surface area (Å²) in [5.74, 6) is 0.316. The van der Waals surface area contributed by atoms with Crippen LogP contribution in [-0.2, 0) is 16.3 Å². The van der Waals surface area contributed by atoms with Crippen molar-refractivity contribution in [2.75, 3.05) is 17.6 Å². The summed E-state index contributed by atoms with van der Waals surface area (Å²) in [5, 5.41) is 3.15. The molecule has 0 aromatic heterocycles. The average molecular weight is 326 g/mol. The van der Waals surface area contributed by atoms with Crippen molar-refractivity contribution in [1.82, 2.24) is 0 Å². The lowest BCUT2D eigenvalue weighted by molar-refractivity contribution is 0.582. The summed E-state index contributed by atoms with van der Waals surface area (Å²) in [4.78, 5) is 0. The highest BCUT2D eigenvalue weighted by Gasteiger charge is 2.14. The molecule has 1 N–H and O–H groups in total. The van der Waals surface area contributed by atoms with Crippen molar-refractivity contribution in [1.29, 1.82) is 0 Å². The van der Waals surface area contributed by atoms with E-state index in [4.69, 9.17) is 0 Å². The maximum absolute atomic E-state index is 11.7. The van der Waals surface area contributed by atoms with E-state index in [0.717, 1.165) is 37.9 Å². The molecule has 0 saturated heterocycles. The number of sulfone groups is 1. The van der Waals surface area contributed by atoms with Gasteiger partial charge in [-0.25, -0.2) is 8.42 Å². The van der Waals surface area contributed by atoms with Crippen LogP contribution in [0, 0.1) is 0 Å². The zero-order chi connectivity index (χ0) is 16.4. The number of hydrogen-bond donors (Lipinski definition) is 1. The van der Waals surface area contributed by atoms with Crippen LogP contribution in [0.1, 0.15) is 58.4 Å².